The van der Waals surface area contributed by atoms with E-state index in [4.69, 9.17) is 4.74 Å². The Kier molecular flexibility index (Phi) is 2.71. The fourth-order valence-corrected chi connectivity index (χ4v) is 8.05. The maximum atomic E-state index is 12.7. The number of rotatable bonds is 1. The van der Waals surface area contributed by atoms with E-state index in [0.717, 1.165) is 0 Å². The summed E-state index contributed by atoms with van der Waals surface area (Å²) < 4.78 is 5.99. The van der Waals surface area contributed by atoms with Crippen molar-refractivity contribution in [3.05, 3.63) is 0 Å². The molecule has 3 N–H and O–H groups in total. The van der Waals surface area contributed by atoms with Crippen LogP contribution in [0.1, 0.15) is 52.4 Å². The Hall–Kier alpha value is -1.14. The molecule has 1 saturated heterocycles. The standard InChI is InChI=1S/C19H26O6/c1-9-7-17-8-18(9,24)5-3-10(17)19-6-4-11(20)16(2,15(23)25-19)13(19)12(17)14(21)22/h9-13,20,24H,3-8H2,1-2H3,(H,21,22)/t9-,10?,11-,12+,13+,16?,17-,18?,19-/m0/s1. The molecule has 3 unspecified atom stereocenters. The predicted octanol–water partition coefficient (Wildman–Crippen LogP) is 1.33. The lowest BCUT2D eigenvalue weighted by Gasteiger charge is -2.46. The van der Waals surface area contributed by atoms with Crippen LogP contribution in [0.25, 0.3) is 0 Å². The van der Waals surface area contributed by atoms with Gasteiger partial charge in [-0.05, 0) is 56.8 Å². The lowest BCUT2D eigenvalue weighted by molar-refractivity contribution is -0.164. The molecule has 1 aliphatic heterocycles. The summed E-state index contributed by atoms with van der Waals surface area (Å²) in [7, 11) is 0. The van der Waals surface area contributed by atoms with Crippen LogP contribution in [0, 0.1) is 34.5 Å². The van der Waals surface area contributed by atoms with Crippen LogP contribution in [0.15, 0.2) is 0 Å². The van der Waals surface area contributed by atoms with E-state index in [9.17, 15) is 24.9 Å². The number of carbonyl (C=O) groups excluding carboxylic acids is 1. The number of aliphatic hydroxyl groups is 2. The van der Waals surface area contributed by atoms with E-state index >= 15 is 0 Å². The van der Waals surface area contributed by atoms with Crippen LogP contribution in [0.4, 0.5) is 0 Å². The molecular weight excluding hydrogens is 324 g/mol. The molecule has 0 aromatic heterocycles. The summed E-state index contributed by atoms with van der Waals surface area (Å²) >= 11 is 0. The molecule has 0 radical (unpaired) electrons. The number of carboxylic acids is 1. The molecule has 0 aromatic rings. The SMILES string of the molecule is C[C@H]1C[C@]23CC1(O)CCC2[C@]12CC[C@H](O)C(C)(C(=O)O1)[C@H]2[C@@H]3C(=O)O. The number of esters is 1. The minimum atomic E-state index is -1.16. The normalized spacial score (nSPS) is 61.6. The molecule has 6 heteroatoms. The van der Waals surface area contributed by atoms with E-state index in [1.54, 1.807) is 6.92 Å². The molecule has 1 heterocycles. The summed E-state index contributed by atoms with van der Waals surface area (Å²) in [5.41, 5.74) is -3.27. The predicted molar refractivity (Wildman–Crippen MR) is 85.3 cm³/mol. The van der Waals surface area contributed by atoms with Gasteiger partial charge in [-0.15, -0.1) is 0 Å². The second-order valence-corrected chi connectivity index (χ2v) is 9.69. The van der Waals surface area contributed by atoms with Gasteiger partial charge in [-0.1, -0.05) is 6.92 Å². The second-order valence-electron chi connectivity index (χ2n) is 9.69. The Balaban J connectivity index is 1.75. The molecule has 5 fully saturated rings. The van der Waals surface area contributed by atoms with Gasteiger partial charge in [0, 0.05) is 11.8 Å². The molecule has 4 aliphatic carbocycles. The van der Waals surface area contributed by atoms with E-state index in [0.29, 0.717) is 38.5 Å². The van der Waals surface area contributed by atoms with Crippen molar-refractivity contribution in [2.24, 2.45) is 34.5 Å². The van der Waals surface area contributed by atoms with Crippen LogP contribution in [-0.4, -0.2) is 44.6 Å². The molecule has 25 heavy (non-hydrogen) atoms. The highest BCUT2D eigenvalue weighted by atomic mass is 16.6. The maximum absolute atomic E-state index is 12.7. The zero-order chi connectivity index (χ0) is 18.0. The molecule has 0 amide bonds. The fourth-order valence-electron chi connectivity index (χ4n) is 8.05. The molecular formula is C19H26O6. The van der Waals surface area contributed by atoms with Crippen LogP contribution >= 0.6 is 0 Å². The van der Waals surface area contributed by atoms with Crippen LogP contribution in [0.3, 0.4) is 0 Å². The lowest BCUT2D eigenvalue weighted by Crippen LogP contribution is -2.53. The van der Waals surface area contributed by atoms with E-state index in [1.807, 2.05) is 6.92 Å². The highest BCUT2D eigenvalue weighted by molar-refractivity contribution is 5.85. The van der Waals surface area contributed by atoms with Gasteiger partial charge in [0.25, 0.3) is 0 Å². The number of ether oxygens (including phenoxy) is 1. The monoisotopic (exact) mass is 350 g/mol. The van der Waals surface area contributed by atoms with Crippen molar-refractivity contribution in [3.8, 4) is 0 Å². The molecule has 9 atom stereocenters. The van der Waals surface area contributed by atoms with Gasteiger partial charge in [0.15, 0.2) is 0 Å². The molecule has 4 saturated carbocycles. The number of hydrogen-bond acceptors (Lipinski definition) is 5. The third kappa shape index (κ3) is 1.45. The topological polar surface area (TPSA) is 104 Å². The van der Waals surface area contributed by atoms with Crippen molar-refractivity contribution in [1.82, 2.24) is 0 Å². The first-order valence-electron chi connectivity index (χ1n) is 9.48. The third-order valence-corrected chi connectivity index (χ3v) is 9.00. The van der Waals surface area contributed by atoms with Crippen molar-refractivity contribution in [2.75, 3.05) is 0 Å². The highest BCUT2D eigenvalue weighted by Crippen LogP contribution is 2.78. The largest absolute Gasteiger partial charge is 0.481 e. The number of hydrogen-bond donors (Lipinski definition) is 3. The summed E-state index contributed by atoms with van der Waals surface area (Å²) in [6, 6.07) is 0. The molecule has 0 aromatic carbocycles. The molecule has 5 aliphatic rings. The maximum Gasteiger partial charge on any atom is 0.315 e. The number of aliphatic carboxylic acids is 1. The quantitative estimate of drug-likeness (QED) is 0.617. The first-order chi connectivity index (χ1) is 11.6. The van der Waals surface area contributed by atoms with Crippen molar-refractivity contribution in [2.45, 2.75) is 69.7 Å². The smallest absolute Gasteiger partial charge is 0.315 e. The van der Waals surface area contributed by atoms with Crippen molar-refractivity contribution in [3.63, 3.8) is 0 Å². The van der Waals surface area contributed by atoms with Crippen molar-refractivity contribution in [1.29, 1.82) is 0 Å². The van der Waals surface area contributed by atoms with Gasteiger partial charge in [0.2, 0.25) is 0 Å². The number of aliphatic hydroxyl groups excluding tert-OH is 1. The zero-order valence-electron chi connectivity index (χ0n) is 14.7. The highest BCUT2D eigenvalue weighted by Gasteiger charge is 2.84. The Morgan fingerprint density at radius 2 is 2.00 bits per heavy atom. The van der Waals surface area contributed by atoms with Crippen LogP contribution in [0.2, 0.25) is 0 Å². The molecule has 1 spiro atoms. The van der Waals surface area contributed by atoms with Crippen molar-refractivity contribution < 1.29 is 29.6 Å². The Morgan fingerprint density at radius 1 is 1.28 bits per heavy atom. The van der Waals surface area contributed by atoms with Gasteiger partial charge in [-0.25, -0.2) is 0 Å². The van der Waals surface area contributed by atoms with Gasteiger partial charge in [-0.3, -0.25) is 9.59 Å². The summed E-state index contributed by atoms with van der Waals surface area (Å²) in [4.78, 5) is 25.2. The molecule has 138 valence electrons. The van der Waals surface area contributed by atoms with Gasteiger partial charge in [0.05, 0.1) is 23.0 Å². The van der Waals surface area contributed by atoms with E-state index in [1.165, 1.54) is 0 Å². The number of carboxylic acid groups (broad SMARTS) is 1. The van der Waals surface area contributed by atoms with Gasteiger partial charge in [0.1, 0.15) is 5.60 Å². The average molecular weight is 350 g/mol. The van der Waals surface area contributed by atoms with Crippen LogP contribution < -0.4 is 0 Å². The van der Waals surface area contributed by atoms with Gasteiger partial charge < -0.3 is 20.1 Å². The van der Waals surface area contributed by atoms with Gasteiger partial charge >= 0.3 is 11.9 Å². The molecule has 4 bridgehead atoms. The molecule has 5 rings (SSSR count). The first-order valence-corrected chi connectivity index (χ1v) is 9.48. The Bertz CT molecular complexity index is 691. The third-order valence-electron chi connectivity index (χ3n) is 9.00. The Morgan fingerprint density at radius 3 is 2.68 bits per heavy atom. The first kappa shape index (κ1) is 16.1. The summed E-state index contributed by atoms with van der Waals surface area (Å²) in [6.45, 7) is 3.70. The van der Waals surface area contributed by atoms with Crippen molar-refractivity contribution >= 4 is 11.9 Å². The lowest BCUT2D eigenvalue weighted by atomic mass is 9.59. The van der Waals surface area contributed by atoms with Gasteiger partial charge in [-0.2, -0.15) is 0 Å². The minimum Gasteiger partial charge on any atom is -0.481 e. The van der Waals surface area contributed by atoms with E-state index in [2.05, 4.69) is 0 Å². The Labute approximate surface area is 146 Å². The average Bonchev–Trinajstić information content (AvgIpc) is 2.95. The number of fused-ring (bicyclic) bond motifs is 1. The fraction of sp³-hybridized carbons (Fsp3) is 0.895. The number of carbonyl (C=O) groups is 2. The van der Waals surface area contributed by atoms with E-state index in [-0.39, 0.29) is 11.8 Å². The van der Waals surface area contributed by atoms with Crippen LogP contribution in [0.5, 0.6) is 0 Å². The van der Waals surface area contributed by atoms with Crippen LogP contribution in [-0.2, 0) is 14.3 Å². The molecule has 6 nitrogen and oxygen atoms in total. The summed E-state index contributed by atoms with van der Waals surface area (Å²) in [5.74, 6) is -2.59. The zero-order valence-corrected chi connectivity index (χ0v) is 14.7. The summed E-state index contributed by atoms with van der Waals surface area (Å²) in [6.07, 6.45) is 2.61. The summed E-state index contributed by atoms with van der Waals surface area (Å²) in [5, 5.41) is 31.9. The van der Waals surface area contributed by atoms with E-state index < -0.39 is 51.9 Å². The second kappa shape index (κ2) is 4.22. The minimum absolute atomic E-state index is 0.0328.